The van der Waals surface area contributed by atoms with E-state index >= 15 is 0 Å². The van der Waals surface area contributed by atoms with Crippen LogP contribution in [0.15, 0.2) is 12.1 Å². The van der Waals surface area contributed by atoms with Gasteiger partial charge in [-0.25, -0.2) is 8.78 Å². The van der Waals surface area contributed by atoms with Gasteiger partial charge in [0, 0.05) is 18.7 Å². The summed E-state index contributed by atoms with van der Waals surface area (Å²) in [7, 11) is 0. The predicted molar refractivity (Wildman–Crippen MR) is 69.3 cm³/mol. The number of halogens is 2. The third kappa shape index (κ3) is 3.57. The summed E-state index contributed by atoms with van der Waals surface area (Å²) in [6.07, 6.45) is 0.473. The van der Waals surface area contributed by atoms with Crippen molar-refractivity contribution in [3.63, 3.8) is 0 Å². The number of aliphatic hydroxyl groups is 1. The third-order valence-electron chi connectivity index (χ3n) is 2.89. The van der Waals surface area contributed by atoms with E-state index in [1.165, 1.54) is 0 Å². The Balaban J connectivity index is 3.01. The lowest BCUT2D eigenvalue weighted by Gasteiger charge is -2.32. The van der Waals surface area contributed by atoms with Gasteiger partial charge in [0.2, 0.25) is 0 Å². The summed E-state index contributed by atoms with van der Waals surface area (Å²) in [5.41, 5.74) is 5.52. The van der Waals surface area contributed by atoms with Crippen LogP contribution in [0.2, 0.25) is 0 Å². The molecule has 0 heterocycles. The Bertz CT molecular complexity index is 416. The molecule has 0 fully saturated rings. The molecule has 0 amide bonds. The van der Waals surface area contributed by atoms with Gasteiger partial charge in [-0.05, 0) is 17.9 Å². The molecule has 0 aromatic heterocycles. The number of anilines is 2. The lowest BCUT2D eigenvalue weighted by molar-refractivity contribution is 0.235. The Labute approximate surface area is 106 Å². The standard InChI is InChI=1S/C13H20F2N2O/c1-13(2,3)11(4-5-18)17-10-7-8(14)6-9(15)12(10)16/h6-7,11,17-18H,4-5,16H2,1-3H3. The molecule has 1 atom stereocenters. The molecule has 1 aromatic carbocycles. The van der Waals surface area contributed by atoms with E-state index in [9.17, 15) is 8.78 Å². The second kappa shape index (κ2) is 5.52. The van der Waals surface area contributed by atoms with Gasteiger partial charge in [0.15, 0.2) is 5.82 Å². The lowest BCUT2D eigenvalue weighted by Crippen LogP contribution is -2.35. The Morgan fingerprint density at radius 1 is 1.33 bits per heavy atom. The molecule has 0 saturated heterocycles. The van der Waals surface area contributed by atoms with Crippen LogP contribution in [0.5, 0.6) is 0 Å². The number of nitrogen functional groups attached to an aromatic ring is 1. The van der Waals surface area contributed by atoms with Gasteiger partial charge in [-0.15, -0.1) is 0 Å². The zero-order valence-corrected chi connectivity index (χ0v) is 10.9. The van der Waals surface area contributed by atoms with Crippen LogP contribution in [-0.2, 0) is 0 Å². The summed E-state index contributed by atoms with van der Waals surface area (Å²) in [6.45, 7) is 5.93. The van der Waals surface area contributed by atoms with Gasteiger partial charge in [0.05, 0.1) is 11.4 Å². The number of aliphatic hydroxyl groups excluding tert-OH is 1. The van der Waals surface area contributed by atoms with Crippen molar-refractivity contribution in [1.29, 1.82) is 0 Å². The van der Waals surface area contributed by atoms with E-state index in [0.29, 0.717) is 6.42 Å². The highest BCUT2D eigenvalue weighted by molar-refractivity contribution is 5.67. The fourth-order valence-corrected chi connectivity index (χ4v) is 1.74. The highest BCUT2D eigenvalue weighted by atomic mass is 19.1. The van der Waals surface area contributed by atoms with E-state index in [0.717, 1.165) is 12.1 Å². The van der Waals surface area contributed by atoms with Crippen molar-refractivity contribution >= 4 is 11.4 Å². The molecule has 1 rings (SSSR count). The fourth-order valence-electron chi connectivity index (χ4n) is 1.74. The number of hydrogen-bond donors (Lipinski definition) is 3. The van der Waals surface area contributed by atoms with Crippen LogP contribution in [0.25, 0.3) is 0 Å². The average Bonchev–Trinajstić information content (AvgIpc) is 2.23. The maximum Gasteiger partial charge on any atom is 0.151 e. The van der Waals surface area contributed by atoms with Crippen molar-refractivity contribution in [3.05, 3.63) is 23.8 Å². The van der Waals surface area contributed by atoms with E-state index in [-0.39, 0.29) is 29.4 Å². The largest absolute Gasteiger partial charge is 0.396 e. The molecule has 1 aromatic rings. The van der Waals surface area contributed by atoms with Gasteiger partial charge in [0.1, 0.15) is 5.82 Å². The SMILES string of the molecule is CC(C)(C)C(CCO)Nc1cc(F)cc(F)c1N. The quantitative estimate of drug-likeness (QED) is 0.728. The van der Waals surface area contributed by atoms with Crippen molar-refractivity contribution in [2.45, 2.75) is 33.2 Å². The monoisotopic (exact) mass is 258 g/mol. The van der Waals surface area contributed by atoms with E-state index in [2.05, 4.69) is 5.32 Å². The molecule has 0 aliphatic carbocycles. The van der Waals surface area contributed by atoms with Crippen LogP contribution in [0, 0.1) is 17.0 Å². The molecule has 1 unspecified atom stereocenters. The highest BCUT2D eigenvalue weighted by Crippen LogP contribution is 2.30. The molecule has 3 nitrogen and oxygen atoms in total. The fraction of sp³-hybridized carbons (Fsp3) is 0.538. The molecule has 4 N–H and O–H groups in total. The first-order valence-electron chi connectivity index (χ1n) is 5.87. The summed E-state index contributed by atoms with van der Waals surface area (Å²) in [6, 6.07) is 1.78. The molecular formula is C13H20F2N2O. The Morgan fingerprint density at radius 2 is 1.94 bits per heavy atom. The van der Waals surface area contributed by atoms with Gasteiger partial charge in [0.25, 0.3) is 0 Å². The first kappa shape index (κ1) is 14.7. The van der Waals surface area contributed by atoms with E-state index in [1.54, 1.807) is 0 Å². The second-order valence-electron chi connectivity index (χ2n) is 5.42. The molecule has 0 bridgehead atoms. The molecule has 0 spiro atoms. The summed E-state index contributed by atoms with van der Waals surface area (Å²) in [5, 5.41) is 12.0. The van der Waals surface area contributed by atoms with Gasteiger partial charge >= 0.3 is 0 Å². The van der Waals surface area contributed by atoms with Crippen LogP contribution in [0.3, 0.4) is 0 Å². The third-order valence-corrected chi connectivity index (χ3v) is 2.89. The Hall–Kier alpha value is -1.36. The summed E-state index contributed by atoms with van der Waals surface area (Å²) < 4.78 is 26.5. The van der Waals surface area contributed by atoms with Gasteiger partial charge in [-0.2, -0.15) is 0 Å². The van der Waals surface area contributed by atoms with Crippen LogP contribution in [0.1, 0.15) is 27.2 Å². The molecule has 0 aliphatic rings. The maximum atomic E-state index is 13.3. The number of rotatable bonds is 4. The first-order chi connectivity index (χ1) is 8.25. The van der Waals surface area contributed by atoms with Crippen molar-refractivity contribution in [3.8, 4) is 0 Å². The van der Waals surface area contributed by atoms with Crippen LogP contribution in [-0.4, -0.2) is 17.8 Å². The predicted octanol–water partition coefficient (Wildman–Crippen LogP) is 2.76. The minimum Gasteiger partial charge on any atom is -0.396 e. The van der Waals surface area contributed by atoms with E-state index in [4.69, 9.17) is 10.8 Å². The molecule has 5 heteroatoms. The first-order valence-corrected chi connectivity index (χ1v) is 5.87. The number of nitrogens with one attached hydrogen (secondary N) is 1. The van der Waals surface area contributed by atoms with Gasteiger partial charge in [-0.3, -0.25) is 0 Å². The summed E-state index contributed by atoms with van der Waals surface area (Å²) in [4.78, 5) is 0. The minimum atomic E-state index is -0.783. The number of nitrogens with two attached hydrogens (primary N) is 1. The molecule has 0 saturated carbocycles. The zero-order chi connectivity index (χ0) is 13.9. The van der Waals surface area contributed by atoms with E-state index < -0.39 is 11.6 Å². The van der Waals surface area contributed by atoms with Crippen molar-refractivity contribution in [1.82, 2.24) is 0 Å². The summed E-state index contributed by atoms with van der Waals surface area (Å²) >= 11 is 0. The molecule has 0 aliphatic heterocycles. The Kier molecular flexibility index (Phi) is 4.51. The summed E-state index contributed by atoms with van der Waals surface area (Å²) in [5.74, 6) is -1.46. The molecule has 18 heavy (non-hydrogen) atoms. The van der Waals surface area contributed by atoms with Gasteiger partial charge < -0.3 is 16.2 Å². The Morgan fingerprint density at radius 3 is 2.44 bits per heavy atom. The van der Waals surface area contributed by atoms with Crippen LogP contribution >= 0.6 is 0 Å². The zero-order valence-electron chi connectivity index (χ0n) is 10.9. The van der Waals surface area contributed by atoms with Crippen LogP contribution in [0.4, 0.5) is 20.2 Å². The van der Waals surface area contributed by atoms with Crippen LogP contribution < -0.4 is 11.1 Å². The van der Waals surface area contributed by atoms with Crippen molar-refractivity contribution < 1.29 is 13.9 Å². The second-order valence-corrected chi connectivity index (χ2v) is 5.42. The number of hydrogen-bond acceptors (Lipinski definition) is 3. The normalized spacial score (nSPS) is 13.4. The highest BCUT2D eigenvalue weighted by Gasteiger charge is 2.25. The molecular weight excluding hydrogens is 238 g/mol. The van der Waals surface area contributed by atoms with E-state index in [1.807, 2.05) is 20.8 Å². The molecule has 102 valence electrons. The maximum absolute atomic E-state index is 13.3. The minimum absolute atomic E-state index is 0.00730. The lowest BCUT2D eigenvalue weighted by atomic mass is 9.84. The topological polar surface area (TPSA) is 58.3 Å². The smallest absolute Gasteiger partial charge is 0.151 e. The molecule has 0 radical (unpaired) electrons. The van der Waals surface area contributed by atoms with Crippen molar-refractivity contribution in [2.24, 2.45) is 5.41 Å². The average molecular weight is 258 g/mol. The number of benzene rings is 1. The van der Waals surface area contributed by atoms with Gasteiger partial charge in [-0.1, -0.05) is 20.8 Å². The van der Waals surface area contributed by atoms with Crippen molar-refractivity contribution in [2.75, 3.05) is 17.7 Å².